The van der Waals surface area contributed by atoms with Gasteiger partial charge in [0.25, 0.3) is 0 Å². The Labute approximate surface area is 124 Å². The fourth-order valence-corrected chi connectivity index (χ4v) is 2.91. The van der Waals surface area contributed by atoms with Crippen LogP contribution in [0.1, 0.15) is 11.1 Å². The molecule has 0 unspecified atom stereocenters. The molecule has 0 bridgehead atoms. The van der Waals surface area contributed by atoms with E-state index in [0.717, 1.165) is 30.3 Å². The minimum Gasteiger partial charge on any atom is -0.379 e. The lowest BCUT2D eigenvalue weighted by Crippen LogP contribution is -2.12. The van der Waals surface area contributed by atoms with Crippen LogP contribution in [0.5, 0.6) is 5.75 Å². The Hall–Kier alpha value is -2.09. The van der Waals surface area contributed by atoms with Crippen molar-refractivity contribution in [2.45, 2.75) is 18.0 Å². The molecule has 0 aliphatic carbocycles. The Balaban J connectivity index is 2.39. The van der Waals surface area contributed by atoms with Crippen LogP contribution >= 0.6 is 0 Å². The number of hydrogen-bond donors (Lipinski definition) is 0. The Morgan fingerprint density at radius 3 is 2.36 bits per heavy atom. The molecule has 0 saturated carbocycles. The summed E-state index contributed by atoms with van der Waals surface area (Å²) in [6.07, 6.45) is -4.63. The maximum Gasteiger partial charge on any atom is 0.416 e. The van der Waals surface area contributed by atoms with E-state index >= 15 is 0 Å². The largest absolute Gasteiger partial charge is 0.416 e. The van der Waals surface area contributed by atoms with Gasteiger partial charge in [0, 0.05) is 0 Å². The first-order chi connectivity index (χ1) is 10.1. The summed E-state index contributed by atoms with van der Waals surface area (Å²) in [5.41, 5.74) is -0.829. The van der Waals surface area contributed by atoms with E-state index < -0.39 is 38.3 Å². The Morgan fingerprint density at radius 1 is 1.05 bits per heavy atom. The summed E-state index contributed by atoms with van der Waals surface area (Å²) < 4.78 is 79.7. The molecule has 0 atom stereocenters. The smallest absolute Gasteiger partial charge is 0.379 e. The summed E-state index contributed by atoms with van der Waals surface area (Å²) in [4.78, 5) is -0.440. The third-order valence-electron chi connectivity index (χ3n) is 2.79. The highest BCUT2D eigenvalue weighted by molar-refractivity contribution is 7.87. The van der Waals surface area contributed by atoms with Gasteiger partial charge in [0.15, 0.2) is 0 Å². The highest BCUT2D eigenvalue weighted by atomic mass is 32.2. The van der Waals surface area contributed by atoms with Gasteiger partial charge < -0.3 is 4.18 Å². The number of rotatable bonds is 3. The number of halogens is 4. The van der Waals surface area contributed by atoms with Crippen molar-refractivity contribution in [2.75, 3.05) is 0 Å². The predicted octanol–water partition coefficient (Wildman–Crippen LogP) is 3.92. The van der Waals surface area contributed by atoms with Gasteiger partial charge in [0.05, 0.1) is 5.56 Å². The van der Waals surface area contributed by atoms with E-state index in [0.29, 0.717) is 6.07 Å². The molecule has 0 amide bonds. The molecule has 0 fully saturated rings. The maximum atomic E-state index is 13.2. The van der Waals surface area contributed by atoms with Gasteiger partial charge >= 0.3 is 16.3 Å². The third kappa shape index (κ3) is 3.56. The normalized spacial score (nSPS) is 12.2. The Morgan fingerprint density at radius 2 is 1.73 bits per heavy atom. The van der Waals surface area contributed by atoms with Crippen molar-refractivity contribution in [3.05, 3.63) is 59.4 Å². The van der Waals surface area contributed by atoms with E-state index in [9.17, 15) is 26.0 Å². The van der Waals surface area contributed by atoms with Crippen LogP contribution in [0.2, 0.25) is 0 Å². The van der Waals surface area contributed by atoms with Crippen LogP contribution in [0, 0.1) is 12.7 Å². The van der Waals surface area contributed by atoms with E-state index in [2.05, 4.69) is 4.18 Å². The van der Waals surface area contributed by atoms with Crippen LogP contribution in [0.25, 0.3) is 0 Å². The van der Waals surface area contributed by atoms with Gasteiger partial charge in [-0.05, 0) is 42.8 Å². The van der Waals surface area contributed by atoms with Gasteiger partial charge in [-0.1, -0.05) is 12.1 Å². The zero-order valence-electron chi connectivity index (χ0n) is 11.2. The molecule has 2 aromatic rings. The van der Waals surface area contributed by atoms with Crippen LogP contribution in [0.4, 0.5) is 17.6 Å². The summed E-state index contributed by atoms with van der Waals surface area (Å²) in [7, 11) is -4.44. The van der Waals surface area contributed by atoms with E-state index in [1.54, 1.807) is 0 Å². The number of benzene rings is 2. The second-order valence-electron chi connectivity index (χ2n) is 4.47. The lowest BCUT2D eigenvalue weighted by Gasteiger charge is -2.11. The molecule has 0 spiro atoms. The number of hydrogen-bond acceptors (Lipinski definition) is 3. The lowest BCUT2D eigenvalue weighted by molar-refractivity contribution is -0.137. The van der Waals surface area contributed by atoms with Gasteiger partial charge in [-0.2, -0.15) is 21.6 Å². The van der Waals surface area contributed by atoms with Crippen molar-refractivity contribution in [1.82, 2.24) is 0 Å². The van der Waals surface area contributed by atoms with Crippen molar-refractivity contribution in [2.24, 2.45) is 0 Å². The molecule has 0 radical (unpaired) electrons. The van der Waals surface area contributed by atoms with Crippen LogP contribution in [0.3, 0.4) is 0 Å². The molecule has 0 N–H and O–H groups in total. The fourth-order valence-electron chi connectivity index (χ4n) is 1.74. The topological polar surface area (TPSA) is 43.4 Å². The van der Waals surface area contributed by atoms with Crippen molar-refractivity contribution in [1.29, 1.82) is 0 Å². The van der Waals surface area contributed by atoms with E-state index in [4.69, 9.17) is 0 Å². The summed E-state index contributed by atoms with van der Waals surface area (Å²) in [5, 5.41) is 0. The van der Waals surface area contributed by atoms with Gasteiger partial charge in [-0.25, -0.2) is 4.39 Å². The molecule has 22 heavy (non-hydrogen) atoms. The molecule has 0 aromatic heterocycles. The van der Waals surface area contributed by atoms with Crippen molar-refractivity contribution >= 4 is 10.1 Å². The van der Waals surface area contributed by atoms with Crippen molar-refractivity contribution < 1.29 is 30.2 Å². The quantitative estimate of drug-likeness (QED) is 0.631. The maximum absolute atomic E-state index is 13.2. The second-order valence-corrected chi connectivity index (χ2v) is 5.99. The Bertz CT molecular complexity index is 798. The van der Waals surface area contributed by atoms with Crippen molar-refractivity contribution in [3.63, 3.8) is 0 Å². The number of aryl methyl sites for hydroxylation is 1. The molecule has 0 aliphatic rings. The fraction of sp³-hybridized carbons (Fsp3) is 0.143. The van der Waals surface area contributed by atoms with Gasteiger partial charge in [0.2, 0.25) is 0 Å². The van der Waals surface area contributed by atoms with Gasteiger partial charge in [0.1, 0.15) is 16.5 Å². The average Bonchev–Trinajstić information content (AvgIpc) is 2.40. The van der Waals surface area contributed by atoms with E-state index in [-0.39, 0.29) is 5.56 Å². The molecule has 118 valence electrons. The minimum atomic E-state index is -4.63. The molecule has 3 nitrogen and oxygen atoms in total. The molecule has 2 aromatic carbocycles. The van der Waals surface area contributed by atoms with Crippen LogP contribution < -0.4 is 4.18 Å². The molecule has 8 heteroatoms. The molecule has 2 rings (SSSR count). The summed E-state index contributed by atoms with van der Waals surface area (Å²) in [5.74, 6) is -1.30. The monoisotopic (exact) mass is 334 g/mol. The minimum absolute atomic E-state index is 0.216. The standard InChI is InChI=1S/C14H10F4O3S/c1-9-5-6-11(15)8-13(9)22(19,20)21-12-4-2-3-10(7-12)14(16,17)18/h2-8H,1H3. The SMILES string of the molecule is Cc1ccc(F)cc1S(=O)(=O)Oc1cccc(C(F)(F)F)c1. The number of alkyl halides is 3. The van der Waals surface area contributed by atoms with Crippen LogP contribution in [-0.4, -0.2) is 8.42 Å². The highest BCUT2D eigenvalue weighted by Gasteiger charge is 2.31. The summed E-state index contributed by atoms with van der Waals surface area (Å²) >= 11 is 0. The molecular formula is C14H10F4O3S. The highest BCUT2D eigenvalue weighted by Crippen LogP contribution is 2.32. The predicted molar refractivity (Wildman–Crippen MR) is 70.4 cm³/mol. The average molecular weight is 334 g/mol. The lowest BCUT2D eigenvalue weighted by atomic mass is 10.2. The zero-order valence-corrected chi connectivity index (χ0v) is 12.0. The second kappa shape index (κ2) is 5.60. The first kappa shape index (κ1) is 16.3. The summed E-state index contributed by atoms with van der Waals surface area (Å²) in [6.45, 7) is 1.42. The van der Waals surface area contributed by atoms with E-state index in [1.165, 1.54) is 13.0 Å². The van der Waals surface area contributed by atoms with Crippen molar-refractivity contribution in [3.8, 4) is 5.75 Å². The molecule has 0 aliphatic heterocycles. The van der Waals surface area contributed by atoms with Gasteiger partial charge in [-0.3, -0.25) is 0 Å². The molecule has 0 heterocycles. The zero-order chi connectivity index (χ0) is 16.5. The first-order valence-corrected chi connectivity index (χ1v) is 7.38. The summed E-state index contributed by atoms with van der Waals surface area (Å²) in [6, 6.07) is 6.49. The first-order valence-electron chi connectivity index (χ1n) is 5.97. The molecular weight excluding hydrogens is 324 g/mol. The van der Waals surface area contributed by atoms with Crippen LogP contribution in [0.15, 0.2) is 47.4 Å². The van der Waals surface area contributed by atoms with Gasteiger partial charge in [-0.15, -0.1) is 0 Å². The molecule has 0 saturated heterocycles. The van der Waals surface area contributed by atoms with E-state index in [1.807, 2.05) is 0 Å². The third-order valence-corrected chi connectivity index (χ3v) is 4.18. The Kier molecular flexibility index (Phi) is 4.15. The van der Waals surface area contributed by atoms with Crippen LogP contribution in [-0.2, 0) is 16.3 Å².